The number of benzene rings is 3. The predicted octanol–water partition coefficient (Wildman–Crippen LogP) is 4.60. The number of hydrogen-bond acceptors (Lipinski definition) is 9. The quantitative estimate of drug-likeness (QED) is 0.213. The molecule has 0 aliphatic carbocycles. The van der Waals surface area contributed by atoms with E-state index in [-0.39, 0.29) is 16.3 Å². The van der Waals surface area contributed by atoms with Gasteiger partial charge in [-0.05, 0) is 71.4 Å². The standard InChI is InChI=1S/C25H24BrN5O6S/c1-4-37-23-10-8-17(13-20(23)26)31-38(33,34)19-9-11-24(36-3)21(14-19)29-30-22(15-27)25(32)28-16-6-5-7-18(12-16)35-2/h5-14,29,31H,4H2,1-3H3,(H,28,32)/b30-22-. The Kier molecular flexibility index (Phi) is 9.53. The van der Waals surface area contributed by atoms with Gasteiger partial charge in [-0.1, -0.05) is 6.07 Å². The molecule has 38 heavy (non-hydrogen) atoms. The van der Waals surface area contributed by atoms with Crippen molar-refractivity contribution in [3.63, 3.8) is 0 Å². The number of amides is 1. The number of nitrogens with one attached hydrogen (secondary N) is 3. The molecule has 0 spiro atoms. The van der Waals surface area contributed by atoms with Crippen LogP contribution >= 0.6 is 15.9 Å². The molecular formula is C25H24BrN5O6S. The fourth-order valence-corrected chi connectivity index (χ4v) is 4.69. The fourth-order valence-electron chi connectivity index (χ4n) is 3.13. The Labute approximate surface area is 228 Å². The highest BCUT2D eigenvalue weighted by Gasteiger charge is 2.18. The lowest BCUT2D eigenvalue weighted by Gasteiger charge is -2.13. The Morgan fingerprint density at radius 1 is 1.03 bits per heavy atom. The molecule has 0 fully saturated rings. The zero-order valence-corrected chi connectivity index (χ0v) is 23.0. The van der Waals surface area contributed by atoms with Crippen molar-refractivity contribution in [1.82, 2.24) is 0 Å². The highest BCUT2D eigenvalue weighted by molar-refractivity contribution is 9.10. The Bertz CT molecular complexity index is 1500. The maximum Gasteiger partial charge on any atom is 0.287 e. The SMILES string of the molecule is CCOc1ccc(NS(=O)(=O)c2ccc(OC)c(N/N=C(/C#N)C(=O)Nc3cccc(OC)c3)c2)cc1Br. The molecule has 0 heterocycles. The second kappa shape index (κ2) is 12.8. The van der Waals surface area contributed by atoms with E-state index in [1.807, 2.05) is 6.92 Å². The second-order valence-corrected chi connectivity index (χ2v) is 9.95. The zero-order valence-electron chi connectivity index (χ0n) is 20.6. The Balaban J connectivity index is 1.82. The van der Waals surface area contributed by atoms with Crippen molar-refractivity contribution >= 4 is 54.6 Å². The third-order valence-corrected chi connectivity index (χ3v) is 6.90. The van der Waals surface area contributed by atoms with E-state index >= 15 is 0 Å². The second-order valence-electron chi connectivity index (χ2n) is 7.42. The smallest absolute Gasteiger partial charge is 0.287 e. The van der Waals surface area contributed by atoms with Gasteiger partial charge in [0.05, 0.1) is 41.6 Å². The van der Waals surface area contributed by atoms with Gasteiger partial charge in [0, 0.05) is 11.8 Å². The number of ether oxygens (including phenoxy) is 3. The third kappa shape index (κ3) is 7.15. The number of nitrogens with zero attached hydrogens (tertiary/aromatic N) is 2. The van der Waals surface area contributed by atoms with Gasteiger partial charge in [-0.3, -0.25) is 14.9 Å². The topological polar surface area (TPSA) is 151 Å². The maximum absolute atomic E-state index is 13.0. The Hall–Kier alpha value is -4.28. The summed E-state index contributed by atoms with van der Waals surface area (Å²) in [6.07, 6.45) is 0. The molecule has 0 aliphatic rings. The number of carbonyl (C=O) groups is 1. The number of halogens is 1. The van der Waals surface area contributed by atoms with Crippen molar-refractivity contribution in [2.45, 2.75) is 11.8 Å². The van der Waals surface area contributed by atoms with Gasteiger partial charge in [-0.2, -0.15) is 10.4 Å². The minimum Gasteiger partial charge on any atom is -0.497 e. The van der Waals surface area contributed by atoms with Crippen molar-refractivity contribution in [3.05, 3.63) is 65.1 Å². The van der Waals surface area contributed by atoms with Crippen molar-refractivity contribution in [2.75, 3.05) is 36.3 Å². The van der Waals surface area contributed by atoms with Crippen molar-refractivity contribution in [2.24, 2.45) is 5.10 Å². The number of nitriles is 1. The minimum absolute atomic E-state index is 0.111. The fraction of sp³-hybridized carbons (Fsp3) is 0.160. The zero-order chi connectivity index (χ0) is 27.7. The van der Waals surface area contributed by atoms with Gasteiger partial charge in [0.25, 0.3) is 15.9 Å². The van der Waals surface area contributed by atoms with Gasteiger partial charge in [0.2, 0.25) is 5.71 Å². The molecule has 0 radical (unpaired) electrons. The summed E-state index contributed by atoms with van der Waals surface area (Å²) >= 11 is 3.36. The molecule has 0 aromatic heterocycles. The lowest BCUT2D eigenvalue weighted by molar-refractivity contribution is -0.110. The molecule has 3 N–H and O–H groups in total. The molecule has 198 valence electrons. The first-order valence-corrected chi connectivity index (χ1v) is 13.3. The van der Waals surface area contributed by atoms with Crippen LogP contribution in [0.3, 0.4) is 0 Å². The van der Waals surface area contributed by atoms with Crippen LogP contribution in [0.1, 0.15) is 6.92 Å². The number of rotatable bonds is 11. The molecule has 11 nitrogen and oxygen atoms in total. The van der Waals surface area contributed by atoms with Crippen molar-refractivity contribution in [1.29, 1.82) is 5.26 Å². The summed E-state index contributed by atoms with van der Waals surface area (Å²) in [5.74, 6) is 0.555. The molecule has 1 amide bonds. The first kappa shape index (κ1) is 28.3. The Morgan fingerprint density at radius 2 is 1.79 bits per heavy atom. The average Bonchev–Trinajstić information content (AvgIpc) is 2.90. The molecule has 0 atom stereocenters. The van der Waals surface area contributed by atoms with E-state index in [1.54, 1.807) is 48.5 Å². The average molecular weight is 602 g/mol. The molecule has 0 aliphatic heterocycles. The van der Waals surface area contributed by atoms with Crippen LogP contribution < -0.4 is 29.7 Å². The number of sulfonamides is 1. The van der Waals surface area contributed by atoms with Gasteiger partial charge in [0.15, 0.2) is 0 Å². The van der Waals surface area contributed by atoms with Crippen LogP contribution in [0.15, 0.2) is 75.1 Å². The van der Waals surface area contributed by atoms with Crippen LogP contribution in [0.4, 0.5) is 17.1 Å². The summed E-state index contributed by atoms with van der Waals surface area (Å²) in [6, 6.07) is 17.1. The summed E-state index contributed by atoms with van der Waals surface area (Å²) < 4.78 is 45.0. The number of methoxy groups -OCH3 is 2. The van der Waals surface area contributed by atoms with E-state index in [4.69, 9.17) is 14.2 Å². The maximum atomic E-state index is 13.0. The lowest BCUT2D eigenvalue weighted by atomic mass is 10.3. The summed E-state index contributed by atoms with van der Waals surface area (Å²) in [7, 11) is -1.15. The molecule has 3 aromatic carbocycles. The van der Waals surface area contributed by atoms with Crippen LogP contribution in [0.5, 0.6) is 17.2 Å². The van der Waals surface area contributed by atoms with Crippen molar-refractivity contribution in [3.8, 4) is 23.3 Å². The van der Waals surface area contributed by atoms with Gasteiger partial charge < -0.3 is 19.5 Å². The molecule has 0 bridgehead atoms. The third-order valence-electron chi connectivity index (χ3n) is 4.90. The Morgan fingerprint density at radius 3 is 2.45 bits per heavy atom. The van der Waals surface area contributed by atoms with Gasteiger partial charge in [-0.25, -0.2) is 8.42 Å². The summed E-state index contributed by atoms with van der Waals surface area (Å²) in [6.45, 7) is 2.30. The summed E-state index contributed by atoms with van der Waals surface area (Å²) in [4.78, 5) is 12.4. The number of hydrogen-bond donors (Lipinski definition) is 3. The van der Waals surface area contributed by atoms with E-state index < -0.39 is 21.6 Å². The van der Waals surface area contributed by atoms with Gasteiger partial charge in [0.1, 0.15) is 23.3 Å². The van der Waals surface area contributed by atoms with Crippen LogP contribution in [-0.4, -0.2) is 40.9 Å². The van der Waals surface area contributed by atoms with E-state index in [0.717, 1.165) is 0 Å². The molecule has 3 aromatic rings. The first-order chi connectivity index (χ1) is 18.2. The van der Waals surface area contributed by atoms with E-state index in [2.05, 4.69) is 36.5 Å². The molecule has 0 saturated heterocycles. The van der Waals surface area contributed by atoms with Gasteiger partial charge in [-0.15, -0.1) is 0 Å². The molecular weight excluding hydrogens is 578 g/mol. The van der Waals surface area contributed by atoms with Crippen LogP contribution in [-0.2, 0) is 14.8 Å². The van der Waals surface area contributed by atoms with Crippen LogP contribution in [0.25, 0.3) is 0 Å². The molecule has 0 unspecified atom stereocenters. The number of hydrazone groups is 1. The van der Waals surface area contributed by atoms with E-state index in [9.17, 15) is 18.5 Å². The monoisotopic (exact) mass is 601 g/mol. The van der Waals surface area contributed by atoms with Gasteiger partial charge >= 0.3 is 0 Å². The van der Waals surface area contributed by atoms with Crippen molar-refractivity contribution < 1.29 is 27.4 Å². The highest BCUT2D eigenvalue weighted by Crippen LogP contribution is 2.31. The van der Waals surface area contributed by atoms with E-state index in [1.165, 1.54) is 32.4 Å². The normalized spacial score (nSPS) is 11.2. The summed E-state index contributed by atoms with van der Waals surface area (Å²) in [5, 5.41) is 15.8. The molecule has 0 saturated carbocycles. The minimum atomic E-state index is -4.02. The highest BCUT2D eigenvalue weighted by atomic mass is 79.9. The first-order valence-electron chi connectivity index (χ1n) is 11.0. The largest absolute Gasteiger partial charge is 0.497 e. The molecule has 13 heteroatoms. The number of carbonyl (C=O) groups excluding carboxylic acids is 1. The van der Waals surface area contributed by atoms with Crippen LogP contribution in [0, 0.1) is 11.3 Å². The van der Waals surface area contributed by atoms with E-state index in [0.29, 0.717) is 34.0 Å². The predicted molar refractivity (Wildman–Crippen MR) is 147 cm³/mol. The lowest BCUT2D eigenvalue weighted by Crippen LogP contribution is -2.22. The summed E-state index contributed by atoms with van der Waals surface area (Å²) in [5.41, 5.74) is 2.87. The van der Waals surface area contributed by atoms with Crippen LogP contribution in [0.2, 0.25) is 0 Å². The molecule has 3 rings (SSSR count). The number of anilines is 3.